The Bertz CT molecular complexity index is 362. The van der Waals surface area contributed by atoms with Crippen molar-refractivity contribution in [2.45, 2.75) is 44.2 Å². The molecule has 2 aliphatic heterocycles. The molecule has 0 aromatic rings. The lowest BCUT2D eigenvalue weighted by atomic mass is 10.0. The van der Waals surface area contributed by atoms with Crippen molar-refractivity contribution in [2.24, 2.45) is 0 Å². The molecule has 8 nitrogen and oxygen atoms in total. The maximum Gasteiger partial charge on any atom is 0.315 e. The number of aliphatic hydroxyl groups excluding tert-OH is 2. The van der Waals surface area contributed by atoms with Crippen LogP contribution in [0.25, 0.3) is 0 Å². The van der Waals surface area contributed by atoms with Crippen LogP contribution in [-0.4, -0.2) is 91.0 Å². The molecule has 1 unspecified atom stereocenters. The minimum atomic E-state index is -0.775. The summed E-state index contributed by atoms with van der Waals surface area (Å²) in [7, 11) is 0. The van der Waals surface area contributed by atoms with Gasteiger partial charge in [-0.15, -0.1) is 0 Å². The van der Waals surface area contributed by atoms with Crippen molar-refractivity contribution in [3.05, 3.63) is 0 Å². The molecule has 2 aliphatic rings. The van der Waals surface area contributed by atoms with E-state index in [1.54, 1.807) is 0 Å². The Labute approximate surface area is 130 Å². The number of aliphatic hydroxyl groups is 2. The van der Waals surface area contributed by atoms with E-state index < -0.39 is 12.2 Å². The van der Waals surface area contributed by atoms with Gasteiger partial charge < -0.3 is 30.3 Å². The predicted molar refractivity (Wildman–Crippen MR) is 79.6 cm³/mol. The lowest BCUT2D eigenvalue weighted by Gasteiger charge is -2.36. The van der Waals surface area contributed by atoms with Crippen molar-refractivity contribution < 1.29 is 24.5 Å². The SMILES string of the molecule is CC(C)NC(=O)NC[C@H]1O[C@@H](CO)[C@@H](O)C1N1CCOCC1. The molecule has 2 heterocycles. The zero-order valence-electron chi connectivity index (χ0n) is 13.2. The number of nitrogens with one attached hydrogen (secondary N) is 2. The molecule has 0 saturated carbocycles. The third-order valence-electron chi connectivity index (χ3n) is 3.99. The molecule has 2 rings (SSSR count). The van der Waals surface area contributed by atoms with E-state index in [1.807, 2.05) is 13.8 Å². The Kier molecular flexibility index (Phi) is 6.39. The van der Waals surface area contributed by atoms with E-state index in [9.17, 15) is 15.0 Å². The maximum absolute atomic E-state index is 11.7. The van der Waals surface area contributed by atoms with Crippen molar-refractivity contribution in [1.82, 2.24) is 15.5 Å². The highest BCUT2D eigenvalue weighted by molar-refractivity contribution is 5.74. The Balaban J connectivity index is 1.95. The van der Waals surface area contributed by atoms with Gasteiger partial charge in [-0.05, 0) is 13.8 Å². The summed E-state index contributed by atoms with van der Waals surface area (Å²) in [5.74, 6) is 0. The monoisotopic (exact) mass is 317 g/mol. The van der Waals surface area contributed by atoms with Crippen molar-refractivity contribution in [3.8, 4) is 0 Å². The number of amides is 2. The van der Waals surface area contributed by atoms with Gasteiger partial charge >= 0.3 is 6.03 Å². The molecule has 2 amide bonds. The Morgan fingerprint density at radius 1 is 1.32 bits per heavy atom. The first-order chi connectivity index (χ1) is 10.5. The van der Waals surface area contributed by atoms with Crippen molar-refractivity contribution in [2.75, 3.05) is 39.5 Å². The van der Waals surface area contributed by atoms with E-state index in [0.29, 0.717) is 26.3 Å². The number of carbonyl (C=O) groups excluding carboxylic acids is 1. The number of nitrogens with zero attached hydrogens (tertiary/aromatic N) is 1. The molecule has 22 heavy (non-hydrogen) atoms. The van der Waals surface area contributed by atoms with Gasteiger partial charge in [0, 0.05) is 25.7 Å². The van der Waals surface area contributed by atoms with Gasteiger partial charge in [-0.3, -0.25) is 4.90 Å². The van der Waals surface area contributed by atoms with Crippen LogP contribution < -0.4 is 10.6 Å². The first kappa shape index (κ1) is 17.4. The Morgan fingerprint density at radius 3 is 2.59 bits per heavy atom. The molecule has 0 aliphatic carbocycles. The summed E-state index contributed by atoms with van der Waals surface area (Å²) in [4.78, 5) is 13.8. The van der Waals surface area contributed by atoms with Crippen molar-refractivity contribution in [3.63, 3.8) is 0 Å². The van der Waals surface area contributed by atoms with Crippen LogP contribution in [0.2, 0.25) is 0 Å². The molecule has 4 atom stereocenters. The second kappa shape index (κ2) is 8.07. The average Bonchev–Trinajstić information content (AvgIpc) is 2.81. The second-order valence-electron chi connectivity index (χ2n) is 6.03. The zero-order chi connectivity index (χ0) is 16.1. The highest BCUT2D eigenvalue weighted by Crippen LogP contribution is 2.26. The number of ether oxygens (including phenoxy) is 2. The molecule has 0 radical (unpaired) electrons. The van der Waals surface area contributed by atoms with Crippen LogP contribution in [0.4, 0.5) is 4.79 Å². The van der Waals surface area contributed by atoms with Gasteiger partial charge in [-0.2, -0.15) is 0 Å². The van der Waals surface area contributed by atoms with E-state index in [0.717, 1.165) is 0 Å². The molecule has 128 valence electrons. The van der Waals surface area contributed by atoms with Gasteiger partial charge in [0.25, 0.3) is 0 Å². The first-order valence-corrected chi connectivity index (χ1v) is 7.83. The highest BCUT2D eigenvalue weighted by atomic mass is 16.5. The fourth-order valence-electron chi connectivity index (χ4n) is 2.98. The van der Waals surface area contributed by atoms with E-state index in [1.165, 1.54) is 0 Å². The average molecular weight is 317 g/mol. The number of morpholine rings is 1. The standard InChI is InChI=1S/C14H27N3O5/c1-9(2)16-14(20)15-7-10-12(13(19)11(8-18)22-10)17-3-5-21-6-4-17/h9-13,18-19H,3-8H2,1-2H3,(H2,15,16,20)/t10-,11+,12?,13-/m1/s1. The summed E-state index contributed by atoms with van der Waals surface area (Å²) < 4.78 is 11.1. The molecule has 0 aromatic heterocycles. The molecule has 2 saturated heterocycles. The number of carbonyl (C=O) groups is 1. The fraction of sp³-hybridized carbons (Fsp3) is 0.929. The topological polar surface area (TPSA) is 103 Å². The van der Waals surface area contributed by atoms with Crippen LogP contribution in [0.15, 0.2) is 0 Å². The predicted octanol–water partition coefficient (Wildman–Crippen LogP) is -1.48. The highest BCUT2D eigenvalue weighted by Gasteiger charge is 2.46. The summed E-state index contributed by atoms with van der Waals surface area (Å²) in [6, 6.07) is -0.461. The fourth-order valence-corrected chi connectivity index (χ4v) is 2.98. The van der Waals surface area contributed by atoms with Crippen molar-refractivity contribution >= 4 is 6.03 Å². The van der Waals surface area contributed by atoms with Gasteiger partial charge in [-0.1, -0.05) is 0 Å². The van der Waals surface area contributed by atoms with Crippen LogP contribution >= 0.6 is 0 Å². The number of rotatable bonds is 5. The molecular formula is C14H27N3O5. The summed E-state index contributed by atoms with van der Waals surface area (Å²) in [5, 5.41) is 25.2. The van der Waals surface area contributed by atoms with Crippen molar-refractivity contribution in [1.29, 1.82) is 0 Å². The Morgan fingerprint density at radius 2 is 2.00 bits per heavy atom. The van der Waals surface area contributed by atoms with Crippen LogP contribution in [0.1, 0.15) is 13.8 Å². The summed E-state index contributed by atoms with van der Waals surface area (Å²) in [6.07, 6.45) is -1.75. The molecule has 4 N–H and O–H groups in total. The van der Waals surface area contributed by atoms with Gasteiger partial charge in [0.2, 0.25) is 0 Å². The molecule has 8 heteroatoms. The Hall–Kier alpha value is -0.930. The third-order valence-corrected chi connectivity index (χ3v) is 3.99. The van der Waals surface area contributed by atoms with E-state index in [2.05, 4.69) is 15.5 Å². The van der Waals surface area contributed by atoms with Crippen LogP contribution in [0, 0.1) is 0 Å². The quantitative estimate of drug-likeness (QED) is 0.493. The molecule has 0 aromatic carbocycles. The molecule has 0 spiro atoms. The second-order valence-corrected chi connectivity index (χ2v) is 6.03. The normalized spacial score (nSPS) is 33.1. The summed E-state index contributed by atoms with van der Waals surface area (Å²) in [6.45, 7) is 6.45. The van der Waals surface area contributed by atoms with Gasteiger partial charge in [0.05, 0.1) is 32.0 Å². The third kappa shape index (κ3) is 4.30. The van der Waals surface area contributed by atoms with Gasteiger partial charge in [0.15, 0.2) is 0 Å². The minimum absolute atomic E-state index is 0.0512. The van der Waals surface area contributed by atoms with Gasteiger partial charge in [0.1, 0.15) is 12.2 Å². The first-order valence-electron chi connectivity index (χ1n) is 7.83. The number of hydrogen-bond acceptors (Lipinski definition) is 6. The largest absolute Gasteiger partial charge is 0.394 e. The number of urea groups is 1. The van der Waals surface area contributed by atoms with Gasteiger partial charge in [-0.25, -0.2) is 4.79 Å². The molecule has 0 bridgehead atoms. The van der Waals surface area contributed by atoms with Crippen LogP contribution in [-0.2, 0) is 9.47 Å². The maximum atomic E-state index is 11.7. The molecule has 2 fully saturated rings. The van der Waals surface area contributed by atoms with E-state index in [-0.39, 0.29) is 37.4 Å². The summed E-state index contributed by atoms with van der Waals surface area (Å²) >= 11 is 0. The molecular weight excluding hydrogens is 290 g/mol. The zero-order valence-corrected chi connectivity index (χ0v) is 13.2. The lowest BCUT2D eigenvalue weighted by Crippen LogP contribution is -2.55. The smallest absolute Gasteiger partial charge is 0.315 e. The van der Waals surface area contributed by atoms with E-state index >= 15 is 0 Å². The van der Waals surface area contributed by atoms with E-state index in [4.69, 9.17) is 9.47 Å². The number of hydrogen-bond donors (Lipinski definition) is 4. The summed E-state index contributed by atoms with van der Waals surface area (Å²) in [5.41, 5.74) is 0. The lowest BCUT2D eigenvalue weighted by molar-refractivity contribution is -0.0215. The minimum Gasteiger partial charge on any atom is -0.394 e. The van der Waals surface area contributed by atoms with Crippen LogP contribution in [0.3, 0.4) is 0 Å². The van der Waals surface area contributed by atoms with Crippen LogP contribution in [0.5, 0.6) is 0 Å².